The quantitative estimate of drug-likeness (QED) is 0.710. The molecular weight excluding hydrogens is 216 g/mol. The molecule has 0 aromatic rings. The maximum Gasteiger partial charge on any atom is 0.228 e. The molecule has 4 aliphatic heterocycles. The fourth-order valence-electron chi connectivity index (χ4n) is 3.36. The van der Waals surface area contributed by atoms with Crippen molar-refractivity contribution in [2.45, 2.75) is 44.8 Å². The van der Waals surface area contributed by atoms with Crippen molar-refractivity contribution in [1.29, 1.82) is 0 Å². The van der Waals surface area contributed by atoms with Crippen molar-refractivity contribution in [3.05, 3.63) is 0 Å². The highest BCUT2D eigenvalue weighted by Gasteiger charge is 2.49. The molecule has 4 rings (SSSR count). The highest BCUT2D eigenvalue weighted by Crippen LogP contribution is 2.35. The number of carbonyl (C=O) groups is 1. The number of carbonyl (C=O) groups excluding carboxylic acids is 1. The van der Waals surface area contributed by atoms with E-state index in [0.717, 1.165) is 26.1 Å². The zero-order chi connectivity index (χ0) is 12.0. The summed E-state index contributed by atoms with van der Waals surface area (Å²) in [6.45, 7) is 8.00. The summed E-state index contributed by atoms with van der Waals surface area (Å²) < 4.78 is 5.32. The zero-order valence-corrected chi connectivity index (χ0v) is 10.8. The van der Waals surface area contributed by atoms with Crippen LogP contribution in [0.3, 0.4) is 0 Å². The summed E-state index contributed by atoms with van der Waals surface area (Å²) in [6.07, 6.45) is 2.13. The van der Waals surface area contributed by atoms with Gasteiger partial charge in [-0.3, -0.25) is 9.69 Å². The fraction of sp³-hybridized carbons (Fsp3) is 0.923. The van der Waals surface area contributed by atoms with Gasteiger partial charge >= 0.3 is 0 Å². The van der Waals surface area contributed by atoms with Crippen LogP contribution in [0.25, 0.3) is 0 Å². The largest absolute Gasteiger partial charge is 0.381 e. The monoisotopic (exact) mass is 238 g/mol. The number of hydrogen-bond acceptors (Lipinski definition) is 3. The molecule has 4 nitrogen and oxygen atoms in total. The Balaban J connectivity index is 1.62. The maximum atomic E-state index is 12.3. The third kappa shape index (κ3) is 1.87. The van der Waals surface area contributed by atoms with Gasteiger partial charge in [0.05, 0.1) is 12.5 Å². The fourth-order valence-corrected chi connectivity index (χ4v) is 3.36. The van der Waals surface area contributed by atoms with E-state index in [4.69, 9.17) is 4.74 Å². The number of piperidine rings is 1. The van der Waals surface area contributed by atoms with Gasteiger partial charge in [-0.25, -0.2) is 0 Å². The number of nitrogens with zero attached hydrogens (tertiary/aromatic N) is 2. The number of fused-ring (bicyclic) bond motifs is 2. The van der Waals surface area contributed by atoms with Crippen molar-refractivity contribution in [1.82, 2.24) is 9.80 Å². The van der Waals surface area contributed by atoms with Gasteiger partial charge in [-0.2, -0.15) is 0 Å². The summed E-state index contributed by atoms with van der Waals surface area (Å²) in [6, 6.07) is 1.56. The lowest BCUT2D eigenvalue weighted by Gasteiger charge is -2.57. The SMILES string of the molecule is CC(C)N1CC2CC(C1)N2C(=O)C1CCOC1. The minimum atomic E-state index is 0.144. The summed E-state index contributed by atoms with van der Waals surface area (Å²) in [5.74, 6) is 0.498. The van der Waals surface area contributed by atoms with Crippen LogP contribution in [0.1, 0.15) is 26.7 Å². The van der Waals surface area contributed by atoms with Crippen molar-refractivity contribution < 1.29 is 9.53 Å². The van der Waals surface area contributed by atoms with E-state index in [1.807, 2.05) is 0 Å². The lowest BCUT2D eigenvalue weighted by atomic mass is 9.85. The molecule has 17 heavy (non-hydrogen) atoms. The summed E-state index contributed by atoms with van der Waals surface area (Å²) in [5, 5.41) is 0. The van der Waals surface area contributed by atoms with Gasteiger partial charge in [0.25, 0.3) is 0 Å². The Morgan fingerprint density at radius 2 is 2.00 bits per heavy atom. The molecule has 4 saturated heterocycles. The molecule has 0 aliphatic carbocycles. The zero-order valence-electron chi connectivity index (χ0n) is 10.8. The van der Waals surface area contributed by atoms with Crippen LogP contribution in [0.2, 0.25) is 0 Å². The van der Waals surface area contributed by atoms with E-state index in [1.165, 1.54) is 6.42 Å². The van der Waals surface area contributed by atoms with Crippen molar-refractivity contribution >= 4 is 5.91 Å². The molecule has 4 heteroatoms. The second kappa shape index (κ2) is 4.25. The first-order valence-corrected chi connectivity index (χ1v) is 6.80. The van der Waals surface area contributed by atoms with Gasteiger partial charge in [0.2, 0.25) is 5.91 Å². The van der Waals surface area contributed by atoms with Crippen LogP contribution in [-0.4, -0.2) is 60.1 Å². The molecule has 4 fully saturated rings. The highest BCUT2D eigenvalue weighted by atomic mass is 16.5. The first-order valence-electron chi connectivity index (χ1n) is 6.80. The Morgan fingerprint density at radius 3 is 2.53 bits per heavy atom. The summed E-state index contributed by atoms with van der Waals surface area (Å²) in [5.41, 5.74) is 0. The Labute approximate surface area is 103 Å². The molecule has 0 aromatic heterocycles. The van der Waals surface area contributed by atoms with Crippen LogP contribution in [0, 0.1) is 5.92 Å². The van der Waals surface area contributed by atoms with Crippen LogP contribution in [-0.2, 0) is 9.53 Å². The third-order valence-corrected chi connectivity index (χ3v) is 4.49. The summed E-state index contributed by atoms with van der Waals surface area (Å²) in [4.78, 5) is 17.0. The molecule has 3 atom stereocenters. The molecule has 3 unspecified atom stereocenters. The van der Waals surface area contributed by atoms with E-state index in [-0.39, 0.29) is 5.92 Å². The molecule has 0 aromatic carbocycles. The second-order valence-corrected chi connectivity index (χ2v) is 5.90. The first-order chi connectivity index (χ1) is 8.16. The predicted octanol–water partition coefficient (Wildman–Crippen LogP) is 0.716. The van der Waals surface area contributed by atoms with Gasteiger partial charge in [-0.15, -0.1) is 0 Å². The van der Waals surface area contributed by atoms with E-state index >= 15 is 0 Å². The predicted molar refractivity (Wildman–Crippen MR) is 64.7 cm³/mol. The topological polar surface area (TPSA) is 32.8 Å². The van der Waals surface area contributed by atoms with Crippen molar-refractivity contribution in [2.24, 2.45) is 5.92 Å². The van der Waals surface area contributed by atoms with E-state index in [9.17, 15) is 4.79 Å². The van der Waals surface area contributed by atoms with Crippen molar-refractivity contribution in [3.8, 4) is 0 Å². The van der Waals surface area contributed by atoms with Crippen LogP contribution < -0.4 is 0 Å². The molecule has 2 bridgehead atoms. The average Bonchev–Trinajstić information content (AvgIpc) is 2.82. The molecule has 96 valence electrons. The minimum Gasteiger partial charge on any atom is -0.381 e. The lowest BCUT2D eigenvalue weighted by Crippen LogP contribution is -2.71. The molecule has 4 aliphatic rings. The van der Waals surface area contributed by atoms with Crippen LogP contribution >= 0.6 is 0 Å². The molecule has 4 heterocycles. The maximum absolute atomic E-state index is 12.3. The number of piperazine rings is 1. The van der Waals surface area contributed by atoms with Gasteiger partial charge in [-0.05, 0) is 26.7 Å². The van der Waals surface area contributed by atoms with E-state index in [2.05, 4.69) is 23.6 Å². The van der Waals surface area contributed by atoms with Gasteiger partial charge in [0.1, 0.15) is 0 Å². The third-order valence-electron chi connectivity index (χ3n) is 4.49. The average molecular weight is 238 g/mol. The van der Waals surface area contributed by atoms with Crippen LogP contribution in [0.5, 0.6) is 0 Å². The molecular formula is C13H22N2O2. The normalized spacial score (nSPS) is 37.4. The smallest absolute Gasteiger partial charge is 0.228 e. The van der Waals surface area contributed by atoms with E-state index in [0.29, 0.717) is 30.6 Å². The molecule has 0 N–H and O–H groups in total. The van der Waals surface area contributed by atoms with Crippen LogP contribution in [0.4, 0.5) is 0 Å². The number of ether oxygens (including phenoxy) is 1. The minimum absolute atomic E-state index is 0.144. The molecule has 1 amide bonds. The van der Waals surface area contributed by atoms with Crippen molar-refractivity contribution in [2.75, 3.05) is 26.3 Å². The van der Waals surface area contributed by atoms with Crippen molar-refractivity contribution in [3.63, 3.8) is 0 Å². The van der Waals surface area contributed by atoms with Gasteiger partial charge in [-0.1, -0.05) is 0 Å². The standard InChI is InChI=1S/C13H22N2O2/c1-9(2)14-6-11-5-12(7-14)15(11)13(16)10-3-4-17-8-10/h9-12H,3-8H2,1-2H3. The summed E-state index contributed by atoms with van der Waals surface area (Å²) >= 11 is 0. The number of hydrogen-bond donors (Lipinski definition) is 0. The van der Waals surface area contributed by atoms with E-state index in [1.54, 1.807) is 0 Å². The number of amides is 1. The number of rotatable bonds is 2. The first kappa shape index (κ1) is 11.5. The Morgan fingerprint density at radius 1 is 1.29 bits per heavy atom. The molecule has 0 radical (unpaired) electrons. The van der Waals surface area contributed by atoms with Gasteiger partial charge in [0, 0.05) is 37.8 Å². The summed E-state index contributed by atoms with van der Waals surface area (Å²) in [7, 11) is 0. The lowest BCUT2D eigenvalue weighted by molar-refractivity contribution is -0.159. The highest BCUT2D eigenvalue weighted by molar-refractivity contribution is 5.81. The Hall–Kier alpha value is -0.610. The van der Waals surface area contributed by atoms with Gasteiger partial charge in [0.15, 0.2) is 0 Å². The molecule has 0 saturated carbocycles. The van der Waals surface area contributed by atoms with Crippen LogP contribution in [0.15, 0.2) is 0 Å². The Kier molecular flexibility index (Phi) is 2.87. The van der Waals surface area contributed by atoms with Gasteiger partial charge < -0.3 is 9.64 Å². The molecule has 0 spiro atoms. The Bertz CT molecular complexity index is 301. The second-order valence-electron chi connectivity index (χ2n) is 5.90. The van der Waals surface area contributed by atoms with E-state index < -0.39 is 0 Å².